The molecule has 2 heterocycles. The van der Waals surface area contributed by atoms with Crippen molar-refractivity contribution in [3.63, 3.8) is 0 Å². The summed E-state index contributed by atoms with van der Waals surface area (Å²) in [7, 11) is -1.37. The van der Waals surface area contributed by atoms with Gasteiger partial charge in [-0.3, -0.25) is 9.97 Å². The van der Waals surface area contributed by atoms with Crippen molar-refractivity contribution in [2.45, 2.75) is 84.4 Å². The van der Waals surface area contributed by atoms with Crippen LogP contribution in [0, 0.1) is 35.1 Å². The first-order chi connectivity index (χ1) is 17.5. The zero-order valence-electron chi connectivity index (χ0n) is 22.5. The average Bonchev–Trinajstić information content (AvgIpc) is 2.87. The van der Waals surface area contributed by atoms with Crippen LogP contribution in [-0.4, -0.2) is 18.0 Å². The van der Waals surface area contributed by atoms with Crippen LogP contribution in [0.3, 0.4) is 0 Å². The third-order valence-electron chi connectivity index (χ3n) is 5.30. The molecule has 0 radical (unpaired) electrons. The molecule has 3 heteroatoms. The minimum Gasteiger partial charge on any atom is -0.256 e. The van der Waals surface area contributed by atoms with Gasteiger partial charge >= 0.3 is 0 Å². The molecule has 186 valence electrons. The molecule has 0 aliphatic rings. The van der Waals surface area contributed by atoms with E-state index in [-0.39, 0.29) is 0 Å². The maximum Gasteiger partial charge on any atom is 0.129 e. The van der Waals surface area contributed by atoms with Gasteiger partial charge in [-0.1, -0.05) is 101 Å². The van der Waals surface area contributed by atoms with Gasteiger partial charge in [0, 0.05) is 29.9 Å². The summed E-state index contributed by atoms with van der Waals surface area (Å²) in [5.74, 6) is 15.7. The minimum atomic E-state index is -1.37. The molecule has 0 saturated heterocycles. The molecular formula is C33H40N2Si. The molecule has 2 rings (SSSR count). The molecule has 0 amide bonds. The van der Waals surface area contributed by atoms with Gasteiger partial charge in [0.2, 0.25) is 0 Å². The van der Waals surface area contributed by atoms with E-state index >= 15 is 0 Å². The van der Waals surface area contributed by atoms with Gasteiger partial charge in [-0.15, -0.1) is 5.54 Å². The van der Waals surface area contributed by atoms with Gasteiger partial charge < -0.3 is 0 Å². The highest BCUT2D eigenvalue weighted by Gasteiger charge is 2.07. The molecule has 2 nitrogen and oxygen atoms in total. The summed E-state index contributed by atoms with van der Waals surface area (Å²) in [4.78, 5) is 8.88. The van der Waals surface area contributed by atoms with Gasteiger partial charge in [-0.2, -0.15) is 0 Å². The van der Waals surface area contributed by atoms with Crippen molar-refractivity contribution in [2.24, 2.45) is 0 Å². The molecular weight excluding hydrogens is 452 g/mol. The van der Waals surface area contributed by atoms with Gasteiger partial charge in [-0.25, -0.2) is 0 Å². The van der Waals surface area contributed by atoms with Gasteiger partial charge in [0.05, 0.1) is 11.4 Å². The Morgan fingerprint density at radius 3 is 1.81 bits per heavy atom. The van der Waals surface area contributed by atoms with E-state index in [1.807, 2.05) is 54.8 Å². The zero-order valence-corrected chi connectivity index (χ0v) is 23.5. The number of rotatable bonds is 10. The van der Waals surface area contributed by atoms with E-state index in [0.717, 1.165) is 28.9 Å². The van der Waals surface area contributed by atoms with E-state index in [1.165, 1.54) is 51.4 Å². The number of nitrogens with zero attached hydrogens (tertiary/aromatic N) is 2. The third kappa shape index (κ3) is 14.2. The average molecular weight is 493 g/mol. The molecule has 36 heavy (non-hydrogen) atoms. The highest BCUT2D eigenvalue weighted by Crippen LogP contribution is 2.09. The lowest BCUT2D eigenvalue weighted by Gasteiger charge is -2.03. The molecule has 2 aromatic rings. The Labute approximate surface area is 220 Å². The molecule has 0 spiro atoms. The highest BCUT2D eigenvalue weighted by atomic mass is 28.3. The Kier molecular flexibility index (Phi) is 13.8. The Morgan fingerprint density at radius 2 is 1.25 bits per heavy atom. The van der Waals surface area contributed by atoms with Crippen molar-refractivity contribution in [2.75, 3.05) is 0 Å². The lowest BCUT2D eigenvalue weighted by Crippen LogP contribution is -2.16. The molecule has 0 N–H and O–H groups in total. The van der Waals surface area contributed by atoms with Crippen LogP contribution < -0.4 is 0 Å². The highest BCUT2D eigenvalue weighted by molar-refractivity contribution is 6.83. The molecule has 2 aromatic heterocycles. The lowest BCUT2D eigenvalue weighted by atomic mass is 10.1. The summed E-state index contributed by atoms with van der Waals surface area (Å²) >= 11 is 0. The molecule has 0 aliphatic heterocycles. The van der Waals surface area contributed by atoms with Crippen LogP contribution in [-0.2, 0) is 0 Å². The standard InChI is InChI=1S/C33H40N2Si/c1-5-6-7-8-9-10-11-12-13-14-15-16-20-32-24-22-30(28-34-32)19-17-18-21-33-25-23-31(29-35-33)26-27-36(2,3)4/h16,18,20-25,28-29H,5-13H2,1-4H3/b20-16+,21-18+. The van der Waals surface area contributed by atoms with Crippen molar-refractivity contribution >= 4 is 20.2 Å². The molecule has 0 unspecified atom stereocenters. The second-order valence-electron chi connectivity index (χ2n) is 9.93. The van der Waals surface area contributed by atoms with Crippen molar-refractivity contribution in [1.29, 1.82) is 0 Å². The maximum atomic E-state index is 4.45. The normalized spacial score (nSPS) is 10.9. The van der Waals surface area contributed by atoms with E-state index in [9.17, 15) is 0 Å². The first-order valence-electron chi connectivity index (χ1n) is 13.2. The van der Waals surface area contributed by atoms with Gasteiger partial charge in [0.1, 0.15) is 8.07 Å². The van der Waals surface area contributed by atoms with Crippen LogP contribution in [0.2, 0.25) is 19.6 Å². The molecule has 0 aliphatic carbocycles. The number of hydrogen-bond acceptors (Lipinski definition) is 2. The fourth-order valence-corrected chi connectivity index (χ4v) is 3.79. The van der Waals surface area contributed by atoms with Crippen molar-refractivity contribution in [3.05, 3.63) is 71.3 Å². The number of aromatic nitrogens is 2. The SMILES string of the molecule is CCCCCCCCCCC#C/C=C/c1ccc(C#C/C=C/c2ccc(C#C[Si](C)(C)C)cn2)cn1. The third-order valence-corrected chi connectivity index (χ3v) is 6.18. The predicted molar refractivity (Wildman–Crippen MR) is 159 cm³/mol. The maximum absolute atomic E-state index is 4.45. The van der Waals surface area contributed by atoms with Gasteiger partial charge in [0.25, 0.3) is 0 Å². The van der Waals surface area contributed by atoms with E-state index in [2.05, 4.69) is 71.7 Å². The molecule has 0 fully saturated rings. The fraction of sp³-hybridized carbons (Fsp3) is 0.394. The summed E-state index contributed by atoms with van der Waals surface area (Å²) < 4.78 is 0. The van der Waals surface area contributed by atoms with Crippen molar-refractivity contribution < 1.29 is 0 Å². The van der Waals surface area contributed by atoms with E-state index < -0.39 is 8.07 Å². The second-order valence-corrected chi connectivity index (χ2v) is 14.7. The lowest BCUT2D eigenvalue weighted by molar-refractivity contribution is 0.579. The van der Waals surface area contributed by atoms with Crippen LogP contribution in [0.25, 0.3) is 12.2 Å². The summed E-state index contributed by atoms with van der Waals surface area (Å²) in [6.45, 7) is 8.96. The Hall–Kier alpha value is -3.32. The predicted octanol–water partition coefficient (Wildman–Crippen LogP) is 8.32. The van der Waals surface area contributed by atoms with Crippen molar-refractivity contribution in [1.82, 2.24) is 9.97 Å². The van der Waals surface area contributed by atoms with Crippen LogP contribution in [0.15, 0.2) is 48.8 Å². The van der Waals surface area contributed by atoms with E-state index in [4.69, 9.17) is 0 Å². The monoisotopic (exact) mass is 492 g/mol. The van der Waals surface area contributed by atoms with Crippen LogP contribution in [0.4, 0.5) is 0 Å². The molecule has 0 aromatic carbocycles. The smallest absolute Gasteiger partial charge is 0.129 e. The van der Waals surface area contributed by atoms with E-state index in [1.54, 1.807) is 6.20 Å². The molecule has 0 atom stereocenters. The molecule has 0 saturated carbocycles. The first kappa shape index (κ1) is 28.9. The van der Waals surface area contributed by atoms with Crippen LogP contribution >= 0.6 is 0 Å². The topological polar surface area (TPSA) is 25.8 Å². The first-order valence-corrected chi connectivity index (χ1v) is 16.7. The summed E-state index contributed by atoms with van der Waals surface area (Å²) in [6, 6.07) is 7.91. The van der Waals surface area contributed by atoms with E-state index in [0.29, 0.717) is 0 Å². The number of hydrogen-bond donors (Lipinski definition) is 0. The zero-order chi connectivity index (χ0) is 25.9. The molecule has 0 bridgehead atoms. The Balaban J connectivity index is 1.71. The quantitative estimate of drug-likeness (QED) is 0.189. The van der Waals surface area contributed by atoms with Crippen molar-refractivity contribution in [3.8, 4) is 35.1 Å². The van der Waals surface area contributed by atoms with Gasteiger partial charge in [-0.05, 0) is 55.0 Å². The minimum absolute atomic E-state index is 0.866. The van der Waals surface area contributed by atoms with Gasteiger partial charge in [0.15, 0.2) is 0 Å². The Morgan fingerprint density at radius 1 is 0.694 bits per heavy atom. The fourth-order valence-electron chi connectivity index (χ4n) is 3.27. The van der Waals surface area contributed by atoms with Crippen LogP contribution in [0.5, 0.6) is 0 Å². The number of pyridine rings is 2. The Bertz CT molecular complexity index is 1150. The number of allylic oxidation sites excluding steroid dienone is 2. The summed E-state index contributed by atoms with van der Waals surface area (Å²) in [5, 5.41) is 0. The largest absolute Gasteiger partial charge is 0.256 e. The summed E-state index contributed by atoms with van der Waals surface area (Å²) in [5.41, 5.74) is 6.94. The second kappa shape index (κ2) is 17.2. The van der Waals surface area contributed by atoms with Crippen LogP contribution in [0.1, 0.15) is 87.2 Å². The summed E-state index contributed by atoms with van der Waals surface area (Å²) in [6.07, 6.45) is 22.8. The number of unbranched alkanes of at least 4 members (excludes halogenated alkanes) is 8.